The monoisotopic (exact) mass is 304 g/mol. The van der Waals surface area contributed by atoms with Gasteiger partial charge in [-0.1, -0.05) is 48.5 Å². The zero-order chi connectivity index (χ0) is 15.9. The Bertz CT molecular complexity index is 784. The Morgan fingerprint density at radius 1 is 0.913 bits per heavy atom. The normalized spacial score (nSPS) is 10.4. The summed E-state index contributed by atoms with van der Waals surface area (Å²) >= 11 is 0. The molecule has 0 saturated heterocycles. The average molecular weight is 304 g/mol. The zero-order valence-electron chi connectivity index (χ0n) is 13.0. The van der Waals surface area contributed by atoms with Crippen LogP contribution in [0.25, 0.3) is 10.9 Å². The van der Waals surface area contributed by atoms with Gasteiger partial charge in [0.1, 0.15) is 5.82 Å². The van der Waals surface area contributed by atoms with Crippen LogP contribution < -0.4 is 10.6 Å². The van der Waals surface area contributed by atoms with E-state index >= 15 is 0 Å². The van der Waals surface area contributed by atoms with E-state index in [9.17, 15) is 0 Å². The second-order valence-corrected chi connectivity index (χ2v) is 5.24. The van der Waals surface area contributed by atoms with Gasteiger partial charge in [-0.2, -0.15) is 4.98 Å². The highest BCUT2D eigenvalue weighted by atomic mass is 15.1. The number of fused-ring (bicyclic) bond motifs is 1. The number of nitrogens with one attached hydrogen (secondary N) is 2. The van der Waals surface area contributed by atoms with Gasteiger partial charge in [0.2, 0.25) is 5.95 Å². The molecule has 0 radical (unpaired) electrons. The van der Waals surface area contributed by atoms with Crippen LogP contribution in [-0.4, -0.2) is 23.1 Å². The molecule has 2 aromatic carbocycles. The van der Waals surface area contributed by atoms with Crippen LogP contribution in [0.5, 0.6) is 0 Å². The number of hydrogen-bond acceptors (Lipinski definition) is 4. The van der Waals surface area contributed by atoms with E-state index in [0.29, 0.717) is 12.5 Å². The summed E-state index contributed by atoms with van der Waals surface area (Å²) < 4.78 is 0. The van der Waals surface area contributed by atoms with Gasteiger partial charge in [0.15, 0.2) is 0 Å². The van der Waals surface area contributed by atoms with Crippen LogP contribution in [0.3, 0.4) is 0 Å². The Balaban J connectivity index is 1.78. The van der Waals surface area contributed by atoms with Gasteiger partial charge >= 0.3 is 0 Å². The number of rotatable bonds is 7. The SMILES string of the molecule is C=CCNc1nc(NCCc2ccccc2)c2ccccc2n1. The molecule has 0 aliphatic heterocycles. The molecule has 3 aromatic rings. The lowest BCUT2D eigenvalue weighted by molar-refractivity contribution is 1.00. The minimum Gasteiger partial charge on any atom is -0.369 e. The molecule has 0 spiro atoms. The van der Waals surface area contributed by atoms with Crippen molar-refractivity contribution in [3.05, 3.63) is 72.8 Å². The molecule has 0 aliphatic carbocycles. The molecule has 0 atom stereocenters. The first kappa shape index (κ1) is 15.0. The summed E-state index contributed by atoms with van der Waals surface area (Å²) in [7, 11) is 0. The number of benzene rings is 2. The van der Waals surface area contributed by atoms with E-state index in [1.807, 2.05) is 30.3 Å². The number of aromatic nitrogens is 2. The summed E-state index contributed by atoms with van der Waals surface area (Å²) in [5, 5.41) is 7.62. The molecule has 1 aromatic heterocycles. The average Bonchev–Trinajstić information content (AvgIpc) is 2.61. The van der Waals surface area contributed by atoms with E-state index in [4.69, 9.17) is 0 Å². The molecule has 0 saturated carbocycles. The van der Waals surface area contributed by atoms with E-state index in [2.05, 4.69) is 51.4 Å². The second-order valence-electron chi connectivity index (χ2n) is 5.24. The molecule has 23 heavy (non-hydrogen) atoms. The van der Waals surface area contributed by atoms with E-state index in [1.165, 1.54) is 5.56 Å². The number of hydrogen-bond donors (Lipinski definition) is 2. The van der Waals surface area contributed by atoms with Crippen molar-refractivity contribution in [1.82, 2.24) is 9.97 Å². The standard InChI is InChI=1S/C19H20N4/c1-2-13-21-19-22-17-11-7-6-10-16(17)18(23-19)20-14-12-15-8-4-3-5-9-15/h2-11H,1,12-14H2,(H2,20,21,22,23). The fourth-order valence-corrected chi connectivity index (χ4v) is 2.42. The van der Waals surface area contributed by atoms with E-state index in [0.717, 1.165) is 29.7 Å². The lowest BCUT2D eigenvalue weighted by atomic mass is 10.1. The quantitative estimate of drug-likeness (QED) is 0.650. The van der Waals surface area contributed by atoms with Crippen LogP contribution in [0.1, 0.15) is 5.56 Å². The fraction of sp³-hybridized carbons (Fsp3) is 0.158. The van der Waals surface area contributed by atoms with E-state index in [-0.39, 0.29) is 0 Å². The van der Waals surface area contributed by atoms with E-state index < -0.39 is 0 Å². The van der Waals surface area contributed by atoms with Crippen molar-refractivity contribution in [2.24, 2.45) is 0 Å². The molecule has 3 rings (SSSR count). The van der Waals surface area contributed by atoms with Crippen LogP contribution >= 0.6 is 0 Å². The van der Waals surface area contributed by atoms with Crippen molar-refractivity contribution in [1.29, 1.82) is 0 Å². The molecule has 0 amide bonds. The van der Waals surface area contributed by atoms with Crippen molar-refractivity contribution in [3.63, 3.8) is 0 Å². The first-order valence-corrected chi connectivity index (χ1v) is 7.76. The maximum absolute atomic E-state index is 4.59. The summed E-state index contributed by atoms with van der Waals surface area (Å²) in [4.78, 5) is 9.12. The van der Waals surface area contributed by atoms with Gasteiger partial charge in [-0.05, 0) is 24.1 Å². The Morgan fingerprint density at radius 3 is 2.52 bits per heavy atom. The zero-order valence-corrected chi connectivity index (χ0v) is 13.0. The van der Waals surface area contributed by atoms with Crippen molar-refractivity contribution >= 4 is 22.7 Å². The summed E-state index contributed by atoms with van der Waals surface area (Å²) in [6.45, 7) is 5.18. The van der Waals surface area contributed by atoms with Crippen molar-refractivity contribution in [2.45, 2.75) is 6.42 Å². The lowest BCUT2D eigenvalue weighted by Gasteiger charge is -2.11. The molecule has 0 aliphatic rings. The largest absolute Gasteiger partial charge is 0.369 e. The molecule has 2 N–H and O–H groups in total. The summed E-state index contributed by atoms with van der Waals surface area (Å²) in [5.74, 6) is 1.48. The molecule has 4 nitrogen and oxygen atoms in total. The van der Waals surface area contributed by atoms with Gasteiger partial charge in [0.25, 0.3) is 0 Å². The summed E-state index contributed by atoms with van der Waals surface area (Å²) in [6, 6.07) is 18.5. The van der Waals surface area contributed by atoms with Crippen molar-refractivity contribution in [3.8, 4) is 0 Å². The van der Waals surface area contributed by atoms with Crippen LogP contribution in [0.2, 0.25) is 0 Å². The molecule has 116 valence electrons. The lowest BCUT2D eigenvalue weighted by Crippen LogP contribution is -2.10. The summed E-state index contributed by atoms with van der Waals surface area (Å²) in [6.07, 6.45) is 2.75. The minimum atomic E-state index is 0.616. The summed E-state index contributed by atoms with van der Waals surface area (Å²) in [5.41, 5.74) is 2.24. The maximum Gasteiger partial charge on any atom is 0.225 e. The van der Waals surface area contributed by atoms with Gasteiger partial charge in [-0.3, -0.25) is 0 Å². The molecule has 4 heteroatoms. The van der Waals surface area contributed by atoms with Gasteiger partial charge in [0.05, 0.1) is 5.52 Å². The first-order valence-electron chi connectivity index (χ1n) is 7.76. The first-order chi connectivity index (χ1) is 11.4. The third-order valence-corrected chi connectivity index (χ3v) is 3.56. The van der Waals surface area contributed by atoms with Crippen molar-refractivity contribution in [2.75, 3.05) is 23.7 Å². The molecule has 0 bridgehead atoms. The maximum atomic E-state index is 4.59. The second kappa shape index (κ2) is 7.40. The highest BCUT2D eigenvalue weighted by Gasteiger charge is 2.06. The van der Waals surface area contributed by atoms with Crippen LogP contribution in [0, 0.1) is 0 Å². The highest BCUT2D eigenvalue weighted by Crippen LogP contribution is 2.21. The van der Waals surface area contributed by atoms with Gasteiger partial charge < -0.3 is 10.6 Å². The minimum absolute atomic E-state index is 0.616. The molecule has 0 unspecified atom stereocenters. The predicted molar refractivity (Wildman–Crippen MR) is 96.9 cm³/mol. The molecular formula is C19H20N4. The fourth-order valence-electron chi connectivity index (χ4n) is 2.42. The third-order valence-electron chi connectivity index (χ3n) is 3.56. The highest BCUT2D eigenvalue weighted by molar-refractivity contribution is 5.90. The van der Waals surface area contributed by atoms with Crippen LogP contribution in [-0.2, 0) is 6.42 Å². The topological polar surface area (TPSA) is 49.8 Å². The van der Waals surface area contributed by atoms with Crippen LogP contribution in [0.4, 0.5) is 11.8 Å². The Kier molecular flexibility index (Phi) is 4.84. The molecular weight excluding hydrogens is 284 g/mol. The number of anilines is 2. The van der Waals surface area contributed by atoms with Gasteiger partial charge in [-0.25, -0.2) is 4.98 Å². The predicted octanol–water partition coefficient (Wildman–Crippen LogP) is 3.88. The van der Waals surface area contributed by atoms with Gasteiger partial charge in [-0.15, -0.1) is 6.58 Å². The molecule has 0 fully saturated rings. The number of para-hydroxylation sites is 1. The van der Waals surface area contributed by atoms with Gasteiger partial charge in [0, 0.05) is 18.5 Å². The Morgan fingerprint density at radius 2 is 1.70 bits per heavy atom. The smallest absolute Gasteiger partial charge is 0.225 e. The Labute approximate surface area is 136 Å². The van der Waals surface area contributed by atoms with Crippen molar-refractivity contribution < 1.29 is 0 Å². The third kappa shape index (κ3) is 3.86. The Hall–Kier alpha value is -2.88. The number of nitrogens with zero attached hydrogens (tertiary/aromatic N) is 2. The van der Waals surface area contributed by atoms with Crippen LogP contribution in [0.15, 0.2) is 67.3 Å². The molecule has 1 heterocycles. The van der Waals surface area contributed by atoms with E-state index in [1.54, 1.807) is 6.08 Å².